The molecule has 0 aliphatic carbocycles. The molecule has 0 unspecified atom stereocenters. The molecule has 0 saturated carbocycles. The lowest BCUT2D eigenvalue weighted by Gasteiger charge is -2.32. The highest BCUT2D eigenvalue weighted by Crippen LogP contribution is 2.66. The summed E-state index contributed by atoms with van der Waals surface area (Å²) in [6, 6.07) is 17.2. The molecule has 1 aliphatic rings. The molecule has 3 aromatic rings. The fraction of sp³-hybridized carbons (Fsp3) is 0.143. The van der Waals surface area contributed by atoms with E-state index < -0.39 is 16.5 Å². The average Bonchev–Trinajstić information content (AvgIpc) is 2.66. The van der Waals surface area contributed by atoms with Crippen LogP contribution in [0.15, 0.2) is 65.6 Å². The second kappa shape index (κ2) is 8.91. The molecule has 162 valence electrons. The minimum absolute atomic E-state index is 0.245. The Labute approximate surface area is 209 Å². The van der Waals surface area contributed by atoms with Gasteiger partial charge in [0.1, 0.15) is 11.5 Å². The molecule has 0 saturated heterocycles. The third-order valence-electron chi connectivity index (χ3n) is 4.55. The topological polar surface area (TPSA) is 35.5 Å². The van der Waals surface area contributed by atoms with Crippen molar-refractivity contribution in [3.05, 3.63) is 87.4 Å². The Bertz CT molecular complexity index is 1120. The average molecular weight is 555 g/mol. The van der Waals surface area contributed by atoms with Gasteiger partial charge in [-0.05, 0) is 55.5 Å². The lowest BCUT2D eigenvalue weighted by molar-refractivity contribution is 0.397. The summed E-state index contributed by atoms with van der Waals surface area (Å²) in [6.07, 6.45) is 0. The molecule has 0 fully saturated rings. The zero-order chi connectivity index (χ0) is 22.4. The highest BCUT2D eigenvalue weighted by molar-refractivity contribution is 8.55. The SMILES string of the molecule is Cc1ccc(SP2(=O)Oc3ccc(Cl)cc3C(C(Cl)(Cl)Cl)c3cc(Cl)ccc3O2)cc1. The van der Waals surface area contributed by atoms with Crippen LogP contribution in [0.2, 0.25) is 10.0 Å². The highest BCUT2D eigenvalue weighted by Gasteiger charge is 2.44. The van der Waals surface area contributed by atoms with Gasteiger partial charge in [0.05, 0.1) is 5.92 Å². The van der Waals surface area contributed by atoms with E-state index in [-0.39, 0.29) is 11.5 Å². The fourth-order valence-electron chi connectivity index (χ4n) is 3.20. The van der Waals surface area contributed by atoms with E-state index in [0.717, 1.165) is 21.8 Å². The number of alkyl halides is 3. The third kappa shape index (κ3) is 5.28. The van der Waals surface area contributed by atoms with Gasteiger partial charge in [-0.25, -0.2) is 4.57 Å². The maximum Gasteiger partial charge on any atom is 0.497 e. The molecule has 4 rings (SSSR count). The van der Waals surface area contributed by atoms with Crippen molar-refractivity contribution < 1.29 is 13.6 Å². The normalized spacial score (nSPS) is 20.5. The molecule has 1 heterocycles. The number of aryl methyl sites for hydroxylation is 1. The summed E-state index contributed by atoms with van der Waals surface area (Å²) in [7, 11) is 0. The van der Waals surface area contributed by atoms with Crippen LogP contribution in [0, 0.1) is 6.92 Å². The van der Waals surface area contributed by atoms with Gasteiger partial charge in [-0.3, -0.25) is 0 Å². The number of halogens is 5. The van der Waals surface area contributed by atoms with Crippen LogP contribution in [0.5, 0.6) is 11.5 Å². The maximum absolute atomic E-state index is 13.9. The number of rotatable bonds is 2. The zero-order valence-electron chi connectivity index (χ0n) is 15.8. The molecule has 1 aliphatic heterocycles. The smallest absolute Gasteiger partial charge is 0.408 e. The molecule has 0 amide bonds. The largest absolute Gasteiger partial charge is 0.497 e. The fourth-order valence-corrected chi connectivity index (χ4v) is 7.55. The van der Waals surface area contributed by atoms with Crippen molar-refractivity contribution in [1.82, 2.24) is 0 Å². The van der Waals surface area contributed by atoms with Gasteiger partial charge in [0.25, 0.3) is 0 Å². The Hall–Kier alpha value is -0.710. The maximum atomic E-state index is 13.9. The first-order valence-corrected chi connectivity index (χ1v) is 13.8. The molecular weight excluding hydrogens is 541 g/mol. The van der Waals surface area contributed by atoms with E-state index in [1.54, 1.807) is 36.4 Å². The van der Waals surface area contributed by atoms with Crippen molar-refractivity contribution in [3.8, 4) is 11.5 Å². The third-order valence-corrected chi connectivity index (χ3v) is 8.97. The molecule has 10 heteroatoms. The van der Waals surface area contributed by atoms with Crippen molar-refractivity contribution in [1.29, 1.82) is 0 Å². The summed E-state index contributed by atoms with van der Waals surface area (Å²) in [5, 5.41) is 0.820. The minimum atomic E-state index is -3.79. The van der Waals surface area contributed by atoms with E-state index in [1.165, 1.54) is 0 Å². The monoisotopic (exact) mass is 552 g/mol. The van der Waals surface area contributed by atoms with E-state index >= 15 is 0 Å². The van der Waals surface area contributed by atoms with E-state index in [0.29, 0.717) is 21.2 Å². The first kappa shape index (κ1) is 23.4. The van der Waals surface area contributed by atoms with Crippen molar-refractivity contribution in [2.24, 2.45) is 0 Å². The van der Waals surface area contributed by atoms with E-state index in [1.807, 2.05) is 31.2 Å². The summed E-state index contributed by atoms with van der Waals surface area (Å²) in [5.41, 5.74) is 2.00. The van der Waals surface area contributed by atoms with Gasteiger partial charge >= 0.3 is 6.80 Å². The molecule has 0 bridgehead atoms. The van der Waals surface area contributed by atoms with Crippen LogP contribution in [0.25, 0.3) is 0 Å². The van der Waals surface area contributed by atoms with Gasteiger partial charge < -0.3 is 9.05 Å². The standard InChI is InChI=1S/C21H14Cl5O3PS/c1-12-2-6-15(7-3-12)31-30(27)28-18-8-4-13(22)10-16(18)20(21(24,25)26)17-11-14(23)5-9-19(17)29-30/h2-11,20H,1H3. The molecule has 0 aromatic heterocycles. The summed E-state index contributed by atoms with van der Waals surface area (Å²) in [5.74, 6) is -0.346. The first-order chi connectivity index (χ1) is 14.5. The zero-order valence-corrected chi connectivity index (χ0v) is 21.3. The summed E-state index contributed by atoms with van der Waals surface area (Å²) in [6.45, 7) is -1.83. The molecule has 0 radical (unpaired) electrons. The van der Waals surface area contributed by atoms with Crippen molar-refractivity contribution >= 4 is 76.2 Å². The predicted octanol–water partition coefficient (Wildman–Crippen LogP) is 9.48. The predicted molar refractivity (Wildman–Crippen MR) is 131 cm³/mol. The van der Waals surface area contributed by atoms with Crippen LogP contribution in [0.3, 0.4) is 0 Å². The van der Waals surface area contributed by atoms with Crippen LogP contribution in [-0.2, 0) is 4.57 Å². The van der Waals surface area contributed by atoms with Gasteiger partial charge in [0.15, 0.2) is 0 Å². The second-order valence-electron chi connectivity index (χ2n) is 6.87. The van der Waals surface area contributed by atoms with Gasteiger partial charge in [0.2, 0.25) is 3.79 Å². The number of fused-ring (bicyclic) bond motifs is 2. The summed E-state index contributed by atoms with van der Waals surface area (Å²) < 4.78 is 24.0. The molecule has 3 aromatic carbocycles. The highest BCUT2D eigenvalue weighted by atomic mass is 35.6. The van der Waals surface area contributed by atoms with Gasteiger partial charge in [-0.1, -0.05) is 75.7 Å². The summed E-state index contributed by atoms with van der Waals surface area (Å²) >= 11 is 32.6. The Morgan fingerprint density at radius 2 is 1.32 bits per heavy atom. The Kier molecular flexibility index (Phi) is 6.74. The Morgan fingerprint density at radius 1 is 0.839 bits per heavy atom. The van der Waals surface area contributed by atoms with Crippen molar-refractivity contribution in [2.45, 2.75) is 21.5 Å². The second-order valence-corrected chi connectivity index (χ2v) is 13.9. The molecular formula is C21H14Cl5O3PS. The molecule has 0 atom stereocenters. The Morgan fingerprint density at radius 3 is 1.77 bits per heavy atom. The van der Waals surface area contributed by atoms with E-state index in [2.05, 4.69) is 0 Å². The number of benzene rings is 3. The van der Waals surface area contributed by atoms with Crippen LogP contribution < -0.4 is 9.05 Å². The van der Waals surface area contributed by atoms with E-state index in [9.17, 15) is 4.57 Å². The van der Waals surface area contributed by atoms with Crippen molar-refractivity contribution in [3.63, 3.8) is 0 Å². The quantitative estimate of drug-likeness (QED) is 0.233. The molecule has 0 spiro atoms. The number of hydrogen-bond donors (Lipinski definition) is 0. The van der Waals surface area contributed by atoms with Crippen LogP contribution in [0.4, 0.5) is 0 Å². The van der Waals surface area contributed by atoms with Crippen LogP contribution in [-0.4, -0.2) is 3.79 Å². The van der Waals surface area contributed by atoms with Gasteiger partial charge in [0, 0.05) is 37.4 Å². The number of hydrogen-bond acceptors (Lipinski definition) is 4. The lowest BCUT2D eigenvalue weighted by Crippen LogP contribution is -2.22. The van der Waals surface area contributed by atoms with Gasteiger partial charge in [-0.15, -0.1) is 0 Å². The first-order valence-electron chi connectivity index (χ1n) is 8.95. The van der Waals surface area contributed by atoms with Crippen LogP contribution >= 0.6 is 76.2 Å². The summed E-state index contributed by atoms with van der Waals surface area (Å²) in [4.78, 5) is 0.721. The molecule has 3 nitrogen and oxygen atoms in total. The molecule has 31 heavy (non-hydrogen) atoms. The van der Waals surface area contributed by atoms with E-state index in [4.69, 9.17) is 67.1 Å². The van der Waals surface area contributed by atoms with Crippen LogP contribution in [0.1, 0.15) is 22.6 Å². The van der Waals surface area contributed by atoms with Gasteiger partial charge in [-0.2, -0.15) is 0 Å². The van der Waals surface area contributed by atoms with Crippen molar-refractivity contribution in [2.75, 3.05) is 0 Å². The minimum Gasteiger partial charge on any atom is -0.408 e. The molecule has 0 N–H and O–H groups in total. The Balaban J connectivity index is 1.91. The lowest BCUT2D eigenvalue weighted by atomic mass is 9.91.